The molecule has 3 atom stereocenters. The highest BCUT2D eigenvalue weighted by Gasteiger charge is 2.45. The first-order valence-corrected chi connectivity index (χ1v) is 6.21. The molecule has 2 heteroatoms. The van der Waals surface area contributed by atoms with E-state index in [1.807, 2.05) is 11.9 Å². The Balaban J connectivity index is 2.04. The molecule has 0 aromatic heterocycles. The van der Waals surface area contributed by atoms with Crippen LogP contribution in [0.2, 0.25) is 0 Å². The van der Waals surface area contributed by atoms with Crippen LogP contribution in [0, 0.1) is 17.8 Å². The molecule has 1 saturated carbocycles. The fourth-order valence-electron chi connectivity index (χ4n) is 2.95. The van der Waals surface area contributed by atoms with Gasteiger partial charge in [0.05, 0.1) is 0 Å². The minimum atomic E-state index is 0.884. The van der Waals surface area contributed by atoms with Crippen molar-refractivity contribution >= 4 is 11.9 Å². The Morgan fingerprint density at radius 2 is 2.08 bits per heavy atom. The summed E-state index contributed by atoms with van der Waals surface area (Å²) >= 11 is 1.95. The SMILES string of the molecule is CSN1CC2CC(C(C)C)C1C2. The molecule has 0 aromatic rings. The Bertz CT molecular complexity index is 169. The van der Waals surface area contributed by atoms with Gasteiger partial charge < -0.3 is 0 Å². The predicted molar refractivity (Wildman–Crippen MR) is 55.1 cm³/mol. The van der Waals surface area contributed by atoms with Gasteiger partial charge in [-0.1, -0.05) is 25.8 Å². The molecule has 0 N–H and O–H groups in total. The lowest BCUT2D eigenvalue weighted by atomic mass is 9.89. The van der Waals surface area contributed by atoms with Crippen molar-refractivity contribution in [1.29, 1.82) is 0 Å². The van der Waals surface area contributed by atoms with Crippen LogP contribution in [0.15, 0.2) is 0 Å². The number of fused-ring (bicyclic) bond motifs is 2. The fourth-order valence-corrected chi connectivity index (χ4v) is 3.82. The molecule has 3 unspecified atom stereocenters. The Hall–Kier alpha value is 0.310. The summed E-state index contributed by atoms with van der Waals surface area (Å²) in [7, 11) is 0. The molecule has 1 aliphatic carbocycles. The van der Waals surface area contributed by atoms with Crippen LogP contribution < -0.4 is 0 Å². The average molecular weight is 185 g/mol. The third-order valence-corrected chi connectivity index (χ3v) is 4.46. The Labute approximate surface area is 80.0 Å². The maximum absolute atomic E-state index is 2.61. The van der Waals surface area contributed by atoms with Crippen LogP contribution in [-0.4, -0.2) is 23.1 Å². The van der Waals surface area contributed by atoms with E-state index in [-0.39, 0.29) is 0 Å². The third kappa shape index (κ3) is 1.29. The molecule has 12 heavy (non-hydrogen) atoms. The molecule has 2 bridgehead atoms. The summed E-state index contributed by atoms with van der Waals surface area (Å²) in [5, 5.41) is 0. The van der Waals surface area contributed by atoms with Gasteiger partial charge in [-0.15, -0.1) is 0 Å². The lowest BCUT2D eigenvalue weighted by molar-refractivity contribution is 0.216. The molecule has 0 radical (unpaired) electrons. The summed E-state index contributed by atoms with van der Waals surface area (Å²) in [5.74, 6) is 2.89. The first-order chi connectivity index (χ1) is 5.72. The molecule has 2 fully saturated rings. The van der Waals surface area contributed by atoms with Gasteiger partial charge in [0, 0.05) is 12.6 Å². The van der Waals surface area contributed by atoms with Crippen LogP contribution in [0.1, 0.15) is 26.7 Å². The average Bonchev–Trinajstić information content (AvgIpc) is 2.60. The fraction of sp³-hybridized carbons (Fsp3) is 1.00. The first-order valence-electron chi connectivity index (χ1n) is 5.03. The number of hydrogen-bond acceptors (Lipinski definition) is 2. The van der Waals surface area contributed by atoms with E-state index in [2.05, 4.69) is 24.4 Å². The molecule has 2 aliphatic rings. The first kappa shape index (κ1) is 8.89. The van der Waals surface area contributed by atoms with E-state index in [9.17, 15) is 0 Å². The van der Waals surface area contributed by atoms with Gasteiger partial charge in [0.1, 0.15) is 0 Å². The number of nitrogens with zero attached hydrogens (tertiary/aromatic N) is 1. The van der Waals surface area contributed by atoms with Gasteiger partial charge in [0.15, 0.2) is 0 Å². The van der Waals surface area contributed by atoms with Crippen molar-refractivity contribution in [2.24, 2.45) is 17.8 Å². The highest BCUT2D eigenvalue weighted by molar-refractivity contribution is 7.96. The zero-order valence-corrected chi connectivity index (χ0v) is 9.10. The largest absolute Gasteiger partial charge is 0.247 e. The summed E-state index contributed by atoms with van der Waals surface area (Å²) in [6.07, 6.45) is 5.20. The zero-order valence-electron chi connectivity index (χ0n) is 8.29. The van der Waals surface area contributed by atoms with Crippen molar-refractivity contribution in [2.45, 2.75) is 32.7 Å². The minimum absolute atomic E-state index is 0.884. The van der Waals surface area contributed by atoms with Gasteiger partial charge in [0.2, 0.25) is 0 Å². The molecule has 0 amide bonds. The van der Waals surface area contributed by atoms with Crippen molar-refractivity contribution in [3.63, 3.8) is 0 Å². The van der Waals surface area contributed by atoms with Gasteiger partial charge >= 0.3 is 0 Å². The van der Waals surface area contributed by atoms with E-state index in [0.29, 0.717) is 0 Å². The van der Waals surface area contributed by atoms with E-state index in [0.717, 1.165) is 23.8 Å². The molecule has 1 nitrogen and oxygen atoms in total. The van der Waals surface area contributed by atoms with Gasteiger partial charge in [-0.2, -0.15) is 0 Å². The van der Waals surface area contributed by atoms with Crippen molar-refractivity contribution in [3.8, 4) is 0 Å². The molecule has 1 heterocycles. The van der Waals surface area contributed by atoms with E-state index in [1.165, 1.54) is 19.4 Å². The van der Waals surface area contributed by atoms with Crippen LogP contribution >= 0.6 is 11.9 Å². The summed E-state index contributed by atoms with van der Waals surface area (Å²) in [6, 6.07) is 0.907. The van der Waals surface area contributed by atoms with Gasteiger partial charge in [0.25, 0.3) is 0 Å². The van der Waals surface area contributed by atoms with Crippen molar-refractivity contribution in [2.75, 3.05) is 12.8 Å². The molecular formula is C10H19NS. The van der Waals surface area contributed by atoms with Gasteiger partial charge in [-0.25, -0.2) is 4.31 Å². The summed E-state index contributed by atoms with van der Waals surface area (Å²) in [6.45, 7) is 6.11. The second-order valence-electron chi connectivity index (χ2n) is 4.59. The maximum Gasteiger partial charge on any atom is 0.0236 e. The van der Waals surface area contributed by atoms with Crippen molar-refractivity contribution < 1.29 is 0 Å². The lowest BCUT2D eigenvalue weighted by Crippen LogP contribution is -2.35. The number of rotatable bonds is 2. The van der Waals surface area contributed by atoms with Crippen LogP contribution in [0.25, 0.3) is 0 Å². The number of piperidine rings is 1. The van der Waals surface area contributed by atoms with Crippen LogP contribution in [0.5, 0.6) is 0 Å². The summed E-state index contributed by atoms with van der Waals surface area (Å²) in [4.78, 5) is 0. The third-order valence-electron chi connectivity index (χ3n) is 3.57. The topological polar surface area (TPSA) is 3.24 Å². The van der Waals surface area contributed by atoms with E-state index < -0.39 is 0 Å². The Morgan fingerprint density at radius 3 is 2.58 bits per heavy atom. The highest BCUT2D eigenvalue weighted by atomic mass is 32.2. The normalized spacial score (nSPS) is 41.5. The molecule has 2 rings (SSSR count). The van der Waals surface area contributed by atoms with E-state index in [4.69, 9.17) is 0 Å². The summed E-state index contributed by atoms with van der Waals surface area (Å²) in [5.41, 5.74) is 0. The van der Waals surface area contributed by atoms with Crippen LogP contribution in [0.3, 0.4) is 0 Å². The summed E-state index contributed by atoms with van der Waals surface area (Å²) < 4.78 is 2.61. The van der Waals surface area contributed by atoms with E-state index >= 15 is 0 Å². The second kappa shape index (κ2) is 3.22. The zero-order chi connectivity index (χ0) is 8.72. The molecule has 0 spiro atoms. The molecular weight excluding hydrogens is 166 g/mol. The second-order valence-corrected chi connectivity index (χ2v) is 5.43. The van der Waals surface area contributed by atoms with Gasteiger partial charge in [-0.3, -0.25) is 0 Å². The van der Waals surface area contributed by atoms with Crippen molar-refractivity contribution in [3.05, 3.63) is 0 Å². The van der Waals surface area contributed by atoms with Gasteiger partial charge in [-0.05, 0) is 36.9 Å². The highest BCUT2D eigenvalue weighted by Crippen LogP contribution is 2.46. The molecule has 70 valence electrons. The Kier molecular flexibility index (Phi) is 2.39. The maximum atomic E-state index is 2.61. The van der Waals surface area contributed by atoms with Crippen molar-refractivity contribution in [1.82, 2.24) is 4.31 Å². The predicted octanol–water partition coefficient (Wildman–Crippen LogP) is 2.63. The Morgan fingerprint density at radius 1 is 1.33 bits per heavy atom. The molecule has 1 aliphatic heterocycles. The lowest BCUT2D eigenvalue weighted by Gasteiger charge is -2.33. The standard InChI is InChI=1S/C10H19NS/c1-7(2)9-4-8-5-10(9)11(6-8)12-3/h7-10H,4-6H2,1-3H3. The quantitative estimate of drug-likeness (QED) is 0.608. The smallest absolute Gasteiger partial charge is 0.0236 e. The minimum Gasteiger partial charge on any atom is -0.247 e. The van der Waals surface area contributed by atoms with Crippen LogP contribution in [-0.2, 0) is 0 Å². The number of hydrogen-bond donors (Lipinski definition) is 0. The molecule has 0 aromatic carbocycles. The van der Waals surface area contributed by atoms with Crippen LogP contribution in [0.4, 0.5) is 0 Å². The van der Waals surface area contributed by atoms with E-state index in [1.54, 1.807) is 0 Å². The molecule has 1 saturated heterocycles. The monoisotopic (exact) mass is 185 g/mol.